The molecule has 0 aliphatic carbocycles. The summed E-state index contributed by atoms with van der Waals surface area (Å²) in [6.45, 7) is 4.07. The van der Waals surface area contributed by atoms with Crippen LogP contribution >= 0.6 is 11.8 Å². The molecule has 0 spiro atoms. The van der Waals surface area contributed by atoms with Gasteiger partial charge in [-0.1, -0.05) is 53.7 Å². The molecule has 0 saturated carbocycles. The van der Waals surface area contributed by atoms with E-state index in [4.69, 9.17) is 9.72 Å². The molecule has 1 N–H and O–H groups in total. The molecule has 0 saturated heterocycles. The van der Waals surface area contributed by atoms with Crippen molar-refractivity contribution in [1.29, 1.82) is 0 Å². The van der Waals surface area contributed by atoms with Crippen molar-refractivity contribution < 1.29 is 9.53 Å². The van der Waals surface area contributed by atoms with Crippen molar-refractivity contribution in [3.63, 3.8) is 0 Å². The van der Waals surface area contributed by atoms with E-state index in [0.717, 1.165) is 40.6 Å². The number of pyridine rings is 1. The van der Waals surface area contributed by atoms with Crippen LogP contribution in [0.15, 0.2) is 72.0 Å². The predicted octanol–water partition coefficient (Wildman–Crippen LogP) is 4.85. The molecule has 6 nitrogen and oxygen atoms in total. The summed E-state index contributed by atoms with van der Waals surface area (Å²) in [6.07, 6.45) is 2.61. The Morgan fingerprint density at radius 3 is 2.73 bits per heavy atom. The average Bonchev–Trinajstić information content (AvgIpc) is 3.18. The Kier molecular flexibility index (Phi) is 7.75. The Morgan fingerprint density at radius 2 is 1.94 bits per heavy atom. The number of carbonyl (C=O) groups is 1. The van der Waals surface area contributed by atoms with Crippen LogP contribution in [0, 0.1) is 6.92 Å². The van der Waals surface area contributed by atoms with Crippen LogP contribution in [0.25, 0.3) is 11.2 Å². The first kappa shape index (κ1) is 23.0. The minimum atomic E-state index is -0.0590. The van der Waals surface area contributed by atoms with Gasteiger partial charge in [-0.15, -0.1) is 0 Å². The second-order valence-corrected chi connectivity index (χ2v) is 8.85. The molecule has 0 aliphatic heterocycles. The number of nitrogens with zero attached hydrogens (tertiary/aromatic N) is 3. The molecule has 4 aromatic rings. The van der Waals surface area contributed by atoms with Crippen LogP contribution in [0.3, 0.4) is 0 Å². The number of aromatic nitrogens is 3. The van der Waals surface area contributed by atoms with E-state index in [2.05, 4.69) is 46.1 Å². The van der Waals surface area contributed by atoms with Crippen molar-refractivity contribution >= 4 is 28.8 Å². The number of amides is 1. The lowest BCUT2D eigenvalue weighted by molar-refractivity contribution is 0.0948. The summed E-state index contributed by atoms with van der Waals surface area (Å²) in [7, 11) is 1.66. The average molecular weight is 461 g/mol. The van der Waals surface area contributed by atoms with Crippen molar-refractivity contribution in [1.82, 2.24) is 19.9 Å². The number of hydrogen-bond acceptors (Lipinski definition) is 5. The van der Waals surface area contributed by atoms with Crippen LogP contribution in [0.1, 0.15) is 33.5 Å². The molecule has 0 bridgehead atoms. The molecule has 7 heteroatoms. The van der Waals surface area contributed by atoms with Gasteiger partial charge in [0.1, 0.15) is 5.52 Å². The van der Waals surface area contributed by atoms with E-state index in [0.29, 0.717) is 18.7 Å². The molecule has 2 aromatic heterocycles. The maximum absolute atomic E-state index is 12.3. The van der Waals surface area contributed by atoms with Crippen LogP contribution in [0.4, 0.5) is 0 Å². The fourth-order valence-corrected chi connectivity index (χ4v) is 4.56. The number of aryl methyl sites for hydroxylation is 1. The van der Waals surface area contributed by atoms with Gasteiger partial charge in [0, 0.05) is 37.8 Å². The number of benzene rings is 2. The second kappa shape index (κ2) is 11.1. The van der Waals surface area contributed by atoms with Gasteiger partial charge in [0.2, 0.25) is 0 Å². The number of imidazole rings is 1. The third-order valence-corrected chi connectivity index (χ3v) is 6.33. The highest BCUT2D eigenvalue weighted by Gasteiger charge is 2.13. The van der Waals surface area contributed by atoms with Crippen LogP contribution < -0.4 is 5.32 Å². The zero-order valence-electron chi connectivity index (χ0n) is 19.0. The van der Waals surface area contributed by atoms with Gasteiger partial charge in [0.25, 0.3) is 5.91 Å². The lowest BCUT2D eigenvalue weighted by Gasteiger charge is -2.10. The van der Waals surface area contributed by atoms with E-state index in [1.807, 2.05) is 42.6 Å². The molecule has 0 fully saturated rings. The highest BCUT2D eigenvalue weighted by Crippen LogP contribution is 2.27. The molecule has 2 heterocycles. The summed E-state index contributed by atoms with van der Waals surface area (Å²) in [6, 6.07) is 20.2. The summed E-state index contributed by atoms with van der Waals surface area (Å²) in [5.74, 6) is 0.698. The van der Waals surface area contributed by atoms with E-state index < -0.39 is 0 Å². The van der Waals surface area contributed by atoms with Crippen molar-refractivity contribution in [2.45, 2.75) is 30.8 Å². The molecule has 0 atom stereocenters. The van der Waals surface area contributed by atoms with Gasteiger partial charge in [0.15, 0.2) is 10.8 Å². The summed E-state index contributed by atoms with van der Waals surface area (Å²) in [4.78, 5) is 21.7. The van der Waals surface area contributed by atoms with Crippen LogP contribution in [-0.4, -0.2) is 40.7 Å². The van der Waals surface area contributed by atoms with Crippen molar-refractivity contribution in [2.24, 2.45) is 0 Å². The van der Waals surface area contributed by atoms with E-state index in [1.165, 1.54) is 11.1 Å². The van der Waals surface area contributed by atoms with E-state index in [9.17, 15) is 4.79 Å². The first-order valence-electron chi connectivity index (χ1n) is 11.0. The quantitative estimate of drug-likeness (QED) is 0.271. The minimum Gasteiger partial charge on any atom is -0.385 e. The number of ether oxygens (including phenoxy) is 1. The van der Waals surface area contributed by atoms with Gasteiger partial charge in [-0.3, -0.25) is 9.36 Å². The van der Waals surface area contributed by atoms with E-state index in [1.54, 1.807) is 18.9 Å². The van der Waals surface area contributed by atoms with Crippen LogP contribution in [0.2, 0.25) is 0 Å². The zero-order chi connectivity index (χ0) is 23.0. The lowest BCUT2D eigenvalue weighted by Crippen LogP contribution is -2.25. The van der Waals surface area contributed by atoms with Crippen LogP contribution in [0.5, 0.6) is 0 Å². The second-order valence-electron chi connectivity index (χ2n) is 7.90. The molecule has 4 rings (SSSR count). The van der Waals surface area contributed by atoms with Gasteiger partial charge < -0.3 is 10.1 Å². The number of carbonyl (C=O) groups excluding carboxylic acids is 1. The first-order valence-corrected chi connectivity index (χ1v) is 12.0. The van der Waals surface area contributed by atoms with Gasteiger partial charge >= 0.3 is 0 Å². The maximum atomic E-state index is 12.3. The number of nitrogens with one attached hydrogen (secondary N) is 1. The number of thioether (sulfide) groups is 1. The standard InChI is InChI=1S/C26H28N4O2S/c1-19-6-3-7-21(16-19)17-30-24-23(8-4-13-27-24)29-26(30)33-18-20-9-11-22(12-10-20)25(31)28-14-5-15-32-2/h3-4,6-13,16H,5,14-15,17-18H2,1-2H3,(H,28,31). The third kappa shape index (κ3) is 6.00. The Labute approximate surface area is 198 Å². The maximum Gasteiger partial charge on any atom is 0.251 e. The van der Waals surface area contributed by atoms with Crippen molar-refractivity contribution in [3.05, 3.63) is 89.1 Å². The molecule has 1 amide bonds. The monoisotopic (exact) mass is 460 g/mol. The van der Waals surface area contributed by atoms with Gasteiger partial charge in [-0.05, 0) is 48.7 Å². The topological polar surface area (TPSA) is 69.0 Å². The van der Waals surface area contributed by atoms with Gasteiger partial charge in [0.05, 0.1) is 6.54 Å². The zero-order valence-corrected chi connectivity index (χ0v) is 19.8. The Hall–Kier alpha value is -3.16. The van der Waals surface area contributed by atoms with Crippen molar-refractivity contribution in [3.8, 4) is 0 Å². The number of methoxy groups -OCH3 is 1. The molecule has 0 aliphatic rings. The molecule has 33 heavy (non-hydrogen) atoms. The van der Waals surface area contributed by atoms with Gasteiger partial charge in [-0.2, -0.15) is 0 Å². The summed E-state index contributed by atoms with van der Waals surface area (Å²) in [5, 5.41) is 3.85. The number of rotatable bonds is 10. The Morgan fingerprint density at radius 1 is 1.09 bits per heavy atom. The fourth-order valence-electron chi connectivity index (χ4n) is 3.60. The highest BCUT2D eigenvalue weighted by atomic mass is 32.2. The van der Waals surface area contributed by atoms with E-state index >= 15 is 0 Å². The Bertz CT molecular complexity index is 1220. The fraction of sp³-hybridized carbons (Fsp3) is 0.269. The number of hydrogen-bond donors (Lipinski definition) is 1. The summed E-state index contributed by atoms with van der Waals surface area (Å²) in [5.41, 5.74) is 6.05. The third-order valence-electron chi connectivity index (χ3n) is 5.29. The predicted molar refractivity (Wildman–Crippen MR) is 133 cm³/mol. The molecule has 170 valence electrons. The largest absolute Gasteiger partial charge is 0.385 e. The van der Waals surface area contributed by atoms with Gasteiger partial charge in [-0.25, -0.2) is 9.97 Å². The molecule has 0 unspecified atom stereocenters. The highest BCUT2D eigenvalue weighted by molar-refractivity contribution is 7.98. The van der Waals surface area contributed by atoms with Crippen LogP contribution in [-0.2, 0) is 17.0 Å². The smallest absolute Gasteiger partial charge is 0.251 e. The molecular formula is C26H28N4O2S. The summed E-state index contributed by atoms with van der Waals surface area (Å²) >= 11 is 1.68. The molecule has 0 radical (unpaired) electrons. The molecule has 2 aromatic carbocycles. The Balaban J connectivity index is 1.45. The molecular weight excluding hydrogens is 432 g/mol. The lowest BCUT2D eigenvalue weighted by atomic mass is 10.1. The normalized spacial score (nSPS) is 11.1. The minimum absolute atomic E-state index is 0.0590. The van der Waals surface area contributed by atoms with E-state index in [-0.39, 0.29) is 5.91 Å². The van der Waals surface area contributed by atoms with Crippen molar-refractivity contribution in [2.75, 3.05) is 20.3 Å². The number of fused-ring (bicyclic) bond motifs is 1. The first-order chi connectivity index (χ1) is 16.1. The SMILES string of the molecule is COCCCNC(=O)c1ccc(CSc2nc3cccnc3n2Cc2cccc(C)c2)cc1. The summed E-state index contributed by atoms with van der Waals surface area (Å²) < 4.78 is 7.19.